The topological polar surface area (TPSA) is 63.6 Å². The lowest BCUT2D eigenvalue weighted by Gasteiger charge is -2.36. The third-order valence-corrected chi connectivity index (χ3v) is 9.38. The zero-order chi connectivity index (χ0) is 32.4. The van der Waals surface area contributed by atoms with E-state index in [1.54, 1.807) is 6.92 Å². The van der Waals surface area contributed by atoms with Crippen molar-refractivity contribution in [2.75, 3.05) is 16.8 Å². The Bertz CT molecular complexity index is 2050. The number of nitrogens with one attached hydrogen (secondary N) is 1. The van der Waals surface area contributed by atoms with Crippen molar-refractivity contribution >= 4 is 50.1 Å². The van der Waals surface area contributed by atoms with Crippen LogP contribution in [0.15, 0.2) is 144 Å². The van der Waals surface area contributed by atoms with Gasteiger partial charge in [-0.25, -0.2) is 4.79 Å². The standard InChI is InChI=1S/C40H34BrN3O3/c1-2-47-38(45)37(42-31-18-10-5-11-19-31)40(33-20-12-13-21-36(33)44(39(40)46)26-29-16-8-4-9-17-29)34-27-43(25-28-14-6-3-7-15-28)35-23-22-30(41)24-32(34)35/h3-24,27,37,42H,2,25-26H2,1H3/t37-,40-/m1/s1. The molecule has 6 aromatic rings. The molecule has 7 heteroatoms. The zero-order valence-electron chi connectivity index (χ0n) is 26.0. The number of hydrogen-bond acceptors (Lipinski definition) is 4. The van der Waals surface area contributed by atoms with Crippen LogP contribution in [0.25, 0.3) is 10.9 Å². The molecule has 0 spiro atoms. The molecule has 0 bridgehead atoms. The minimum absolute atomic E-state index is 0.173. The first-order valence-corrected chi connectivity index (χ1v) is 16.6. The molecule has 0 unspecified atom stereocenters. The number of para-hydroxylation sites is 2. The van der Waals surface area contributed by atoms with E-state index in [1.165, 1.54) is 0 Å². The molecule has 1 aromatic heterocycles. The Labute approximate surface area is 282 Å². The van der Waals surface area contributed by atoms with Crippen LogP contribution >= 0.6 is 15.9 Å². The molecule has 1 amide bonds. The van der Waals surface area contributed by atoms with Gasteiger partial charge in [0.15, 0.2) is 0 Å². The third-order valence-electron chi connectivity index (χ3n) is 8.89. The maximum Gasteiger partial charge on any atom is 0.330 e. The Morgan fingerprint density at radius 2 is 1.40 bits per heavy atom. The second-order valence-corrected chi connectivity index (χ2v) is 12.6. The average Bonchev–Trinajstić information content (AvgIpc) is 3.57. The number of carbonyl (C=O) groups excluding carboxylic acids is 2. The fourth-order valence-corrected chi connectivity index (χ4v) is 7.22. The van der Waals surface area contributed by atoms with Gasteiger partial charge in [-0.1, -0.05) is 113 Å². The fraction of sp³-hybridized carbons (Fsp3) is 0.150. The summed E-state index contributed by atoms with van der Waals surface area (Å²) in [6, 6.07) is 42.6. The second kappa shape index (κ2) is 12.9. The summed E-state index contributed by atoms with van der Waals surface area (Å²) in [7, 11) is 0. The normalized spacial score (nSPS) is 16.2. The van der Waals surface area contributed by atoms with E-state index in [-0.39, 0.29) is 12.5 Å². The predicted octanol–water partition coefficient (Wildman–Crippen LogP) is 8.33. The first-order chi connectivity index (χ1) is 23.0. The van der Waals surface area contributed by atoms with E-state index in [4.69, 9.17) is 4.74 Å². The van der Waals surface area contributed by atoms with Crippen LogP contribution in [-0.4, -0.2) is 29.1 Å². The van der Waals surface area contributed by atoms with Crippen LogP contribution in [0.5, 0.6) is 0 Å². The van der Waals surface area contributed by atoms with Crippen LogP contribution < -0.4 is 10.2 Å². The molecule has 2 atom stereocenters. The van der Waals surface area contributed by atoms with Gasteiger partial charge in [-0.3, -0.25) is 4.79 Å². The third kappa shape index (κ3) is 5.51. The Morgan fingerprint density at radius 3 is 2.09 bits per heavy atom. The smallest absolute Gasteiger partial charge is 0.330 e. The first-order valence-electron chi connectivity index (χ1n) is 15.8. The highest BCUT2D eigenvalue weighted by molar-refractivity contribution is 9.10. The number of nitrogens with zero attached hydrogens (tertiary/aromatic N) is 2. The maximum atomic E-state index is 15.6. The van der Waals surface area contributed by atoms with Crippen molar-refractivity contribution in [3.8, 4) is 0 Å². The van der Waals surface area contributed by atoms with Gasteiger partial charge in [0.2, 0.25) is 5.91 Å². The number of hydrogen-bond donors (Lipinski definition) is 1. The van der Waals surface area contributed by atoms with Gasteiger partial charge in [-0.05, 0) is 60.0 Å². The van der Waals surface area contributed by atoms with E-state index >= 15 is 4.79 Å². The first kappa shape index (κ1) is 30.5. The number of halogens is 1. The van der Waals surface area contributed by atoms with Gasteiger partial charge in [0.25, 0.3) is 0 Å². The molecule has 0 fully saturated rings. The Hall–Kier alpha value is -5.14. The van der Waals surface area contributed by atoms with Crippen LogP contribution in [0.4, 0.5) is 11.4 Å². The molecule has 0 radical (unpaired) electrons. The number of ether oxygens (including phenoxy) is 1. The summed E-state index contributed by atoms with van der Waals surface area (Å²) in [5, 5.41) is 4.37. The van der Waals surface area contributed by atoms with Gasteiger partial charge in [0.05, 0.1) is 13.2 Å². The lowest BCUT2D eigenvalue weighted by Crippen LogP contribution is -2.56. The minimum atomic E-state index is -1.48. The lowest BCUT2D eigenvalue weighted by molar-refractivity contribution is -0.147. The number of esters is 1. The van der Waals surface area contributed by atoms with Crippen molar-refractivity contribution in [2.45, 2.75) is 31.5 Å². The molecule has 47 heavy (non-hydrogen) atoms. The van der Waals surface area contributed by atoms with Crippen molar-refractivity contribution in [1.29, 1.82) is 0 Å². The number of rotatable bonds is 10. The van der Waals surface area contributed by atoms with E-state index < -0.39 is 17.4 Å². The summed E-state index contributed by atoms with van der Waals surface area (Å²) in [6.07, 6.45) is 2.06. The summed E-state index contributed by atoms with van der Waals surface area (Å²) >= 11 is 3.70. The highest BCUT2D eigenvalue weighted by atomic mass is 79.9. The van der Waals surface area contributed by atoms with Gasteiger partial charge in [0, 0.05) is 45.1 Å². The van der Waals surface area contributed by atoms with E-state index in [2.05, 4.69) is 50.2 Å². The predicted molar refractivity (Wildman–Crippen MR) is 191 cm³/mol. The van der Waals surface area contributed by atoms with E-state index in [1.807, 2.05) is 120 Å². The Morgan fingerprint density at radius 1 is 0.787 bits per heavy atom. The summed E-state index contributed by atoms with van der Waals surface area (Å²) in [5.41, 5.74) is 4.57. The Kier molecular flexibility index (Phi) is 8.39. The van der Waals surface area contributed by atoms with E-state index in [0.29, 0.717) is 18.8 Å². The van der Waals surface area contributed by atoms with Crippen molar-refractivity contribution < 1.29 is 14.3 Å². The van der Waals surface area contributed by atoms with Crippen LogP contribution in [-0.2, 0) is 32.8 Å². The van der Waals surface area contributed by atoms with Gasteiger partial charge < -0.3 is 19.5 Å². The van der Waals surface area contributed by atoms with Crippen LogP contribution in [0.3, 0.4) is 0 Å². The molecule has 5 aromatic carbocycles. The summed E-state index contributed by atoms with van der Waals surface area (Å²) in [4.78, 5) is 31.8. The van der Waals surface area contributed by atoms with E-state index in [0.717, 1.165) is 43.3 Å². The second-order valence-electron chi connectivity index (χ2n) is 11.7. The molecular weight excluding hydrogens is 650 g/mol. The molecule has 2 heterocycles. The average molecular weight is 685 g/mol. The van der Waals surface area contributed by atoms with Gasteiger partial charge >= 0.3 is 5.97 Å². The van der Waals surface area contributed by atoms with E-state index in [9.17, 15) is 4.79 Å². The Balaban J connectivity index is 1.53. The number of benzene rings is 5. The largest absolute Gasteiger partial charge is 0.464 e. The van der Waals surface area contributed by atoms with Gasteiger partial charge in [-0.2, -0.15) is 0 Å². The molecule has 1 N–H and O–H groups in total. The van der Waals surface area contributed by atoms with Crippen LogP contribution in [0.1, 0.15) is 29.2 Å². The minimum Gasteiger partial charge on any atom is -0.464 e. The van der Waals surface area contributed by atoms with Crippen molar-refractivity contribution in [3.05, 3.63) is 166 Å². The monoisotopic (exact) mass is 683 g/mol. The number of amides is 1. The fourth-order valence-electron chi connectivity index (χ4n) is 6.86. The summed E-state index contributed by atoms with van der Waals surface area (Å²) < 4.78 is 8.85. The zero-order valence-corrected chi connectivity index (χ0v) is 27.6. The van der Waals surface area contributed by atoms with Gasteiger partial charge in [0.1, 0.15) is 11.5 Å². The van der Waals surface area contributed by atoms with Crippen molar-refractivity contribution in [3.63, 3.8) is 0 Å². The van der Waals surface area contributed by atoms with Crippen molar-refractivity contribution in [1.82, 2.24) is 4.57 Å². The molecule has 1 aliphatic rings. The molecule has 0 saturated heterocycles. The van der Waals surface area contributed by atoms with Crippen LogP contribution in [0.2, 0.25) is 0 Å². The quantitative estimate of drug-likeness (QED) is 0.148. The number of anilines is 2. The summed E-state index contributed by atoms with van der Waals surface area (Å²) in [6.45, 7) is 2.91. The number of fused-ring (bicyclic) bond motifs is 2. The number of carbonyl (C=O) groups is 2. The highest BCUT2D eigenvalue weighted by Crippen LogP contribution is 2.52. The molecule has 1 aliphatic heterocycles. The molecular formula is C40H34BrN3O3. The SMILES string of the molecule is CCOC(=O)[C@@H](Nc1ccccc1)[C@@]1(c2cn(Cc3ccccc3)c3ccc(Br)cc23)C(=O)N(Cc2ccccc2)c2ccccc21. The molecule has 7 rings (SSSR count). The molecule has 234 valence electrons. The van der Waals surface area contributed by atoms with Crippen LogP contribution in [0, 0.1) is 0 Å². The van der Waals surface area contributed by atoms with Crippen molar-refractivity contribution in [2.24, 2.45) is 0 Å². The molecule has 6 nitrogen and oxygen atoms in total. The number of aromatic nitrogens is 1. The molecule has 0 saturated carbocycles. The molecule has 0 aliphatic carbocycles. The lowest BCUT2D eigenvalue weighted by atomic mass is 9.69. The highest BCUT2D eigenvalue weighted by Gasteiger charge is 2.61. The van der Waals surface area contributed by atoms with Gasteiger partial charge in [-0.15, -0.1) is 0 Å². The summed E-state index contributed by atoms with van der Waals surface area (Å²) in [5.74, 6) is -0.692. The maximum absolute atomic E-state index is 15.6.